The number of benzene rings is 1. The molecule has 1 saturated heterocycles. The van der Waals surface area contributed by atoms with Gasteiger partial charge in [-0.05, 0) is 29.7 Å². The van der Waals surface area contributed by atoms with E-state index in [9.17, 15) is 18.0 Å². The Morgan fingerprint density at radius 1 is 1.27 bits per heavy atom. The smallest absolute Gasteiger partial charge is 0.297 e. The Balaban J connectivity index is 2.15. The predicted molar refractivity (Wildman–Crippen MR) is 99.6 cm³/mol. The molecule has 2 rings (SSSR count). The molecule has 1 aromatic rings. The largest absolute Gasteiger partial charge is 0.368 e. The fourth-order valence-corrected chi connectivity index (χ4v) is 4.15. The third kappa shape index (κ3) is 5.28. The van der Waals surface area contributed by atoms with Crippen molar-refractivity contribution in [2.75, 3.05) is 6.54 Å². The summed E-state index contributed by atoms with van der Waals surface area (Å²) in [6, 6.07) is 5.16. The van der Waals surface area contributed by atoms with Crippen molar-refractivity contribution in [3.63, 3.8) is 0 Å². The van der Waals surface area contributed by atoms with Crippen LogP contribution in [0.4, 0.5) is 0 Å². The topological polar surface area (TPSA) is 107 Å². The zero-order chi connectivity index (χ0) is 19.7. The SMILES string of the molecule is CC(C)(C)CC(=O)N1C[C@@H](OS(=O)(=O)c2ccc(Br)cc2)C[C@H]1C(N)=O. The summed E-state index contributed by atoms with van der Waals surface area (Å²) in [5.74, 6) is -0.909. The summed E-state index contributed by atoms with van der Waals surface area (Å²) < 4.78 is 30.9. The second-order valence-electron chi connectivity index (χ2n) is 7.56. The van der Waals surface area contributed by atoms with Crippen LogP contribution in [0.3, 0.4) is 0 Å². The van der Waals surface area contributed by atoms with E-state index in [0.29, 0.717) is 0 Å². The number of carbonyl (C=O) groups excluding carboxylic acids is 2. The van der Waals surface area contributed by atoms with E-state index in [1.54, 1.807) is 12.1 Å². The summed E-state index contributed by atoms with van der Waals surface area (Å²) in [6.45, 7) is 5.74. The lowest BCUT2D eigenvalue weighted by Crippen LogP contribution is -2.44. The summed E-state index contributed by atoms with van der Waals surface area (Å²) in [5.41, 5.74) is 5.14. The molecular weight excluding hydrogens is 424 g/mol. The molecule has 0 radical (unpaired) electrons. The lowest BCUT2D eigenvalue weighted by Gasteiger charge is -2.26. The second-order valence-corrected chi connectivity index (χ2v) is 10.1. The molecule has 1 heterocycles. The monoisotopic (exact) mass is 446 g/mol. The zero-order valence-corrected chi connectivity index (χ0v) is 17.3. The van der Waals surface area contributed by atoms with Crippen molar-refractivity contribution in [3.8, 4) is 0 Å². The minimum atomic E-state index is -4.00. The van der Waals surface area contributed by atoms with Crippen LogP contribution in [-0.4, -0.2) is 43.8 Å². The third-order valence-electron chi connectivity index (χ3n) is 3.96. The third-order valence-corrected chi connectivity index (χ3v) is 5.86. The number of carbonyl (C=O) groups is 2. The minimum Gasteiger partial charge on any atom is -0.368 e. The molecule has 7 nitrogen and oxygen atoms in total. The Labute approximate surface area is 162 Å². The molecule has 2 atom stereocenters. The second kappa shape index (κ2) is 7.66. The van der Waals surface area contributed by atoms with Crippen LogP contribution >= 0.6 is 15.9 Å². The van der Waals surface area contributed by atoms with Crippen molar-refractivity contribution in [2.24, 2.45) is 11.1 Å². The first-order valence-electron chi connectivity index (χ1n) is 8.17. The van der Waals surface area contributed by atoms with Gasteiger partial charge in [0.1, 0.15) is 6.04 Å². The summed E-state index contributed by atoms with van der Waals surface area (Å²) in [5, 5.41) is 0. The van der Waals surface area contributed by atoms with Gasteiger partial charge in [-0.25, -0.2) is 0 Å². The number of amides is 2. The van der Waals surface area contributed by atoms with Gasteiger partial charge in [-0.15, -0.1) is 0 Å². The fourth-order valence-electron chi connectivity index (χ4n) is 2.80. The van der Waals surface area contributed by atoms with E-state index in [2.05, 4.69) is 15.9 Å². The lowest BCUT2D eigenvalue weighted by molar-refractivity contribution is -0.138. The predicted octanol–water partition coefficient (Wildman–Crippen LogP) is 2.05. The normalized spacial score (nSPS) is 21.0. The number of primary amides is 1. The average Bonchev–Trinajstić information content (AvgIpc) is 2.89. The molecule has 26 heavy (non-hydrogen) atoms. The molecule has 2 amide bonds. The van der Waals surface area contributed by atoms with E-state index < -0.39 is 28.2 Å². The highest BCUT2D eigenvalue weighted by atomic mass is 79.9. The van der Waals surface area contributed by atoms with Crippen molar-refractivity contribution >= 4 is 37.9 Å². The highest BCUT2D eigenvalue weighted by Gasteiger charge is 2.41. The first kappa shape index (κ1) is 20.9. The lowest BCUT2D eigenvalue weighted by atomic mass is 9.91. The van der Waals surface area contributed by atoms with Crippen molar-refractivity contribution in [2.45, 2.75) is 50.7 Å². The number of hydrogen-bond donors (Lipinski definition) is 1. The molecule has 1 fully saturated rings. The maximum Gasteiger partial charge on any atom is 0.297 e. The summed E-state index contributed by atoms with van der Waals surface area (Å²) in [4.78, 5) is 25.6. The van der Waals surface area contributed by atoms with Crippen LogP contribution in [0.25, 0.3) is 0 Å². The molecule has 0 unspecified atom stereocenters. The van der Waals surface area contributed by atoms with Gasteiger partial charge in [0, 0.05) is 23.9 Å². The van der Waals surface area contributed by atoms with E-state index in [-0.39, 0.29) is 35.6 Å². The first-order chi connectivity index (χ1) is 11.9. The van der Waals surface area contributed by atoms with E-state index >= 15 is 0 Å². The molecule has 0 aliphatic carbocycles. The van der Waals surface area contributed by atoms with Gasteiger partial charge < -0.3 is 10.6 Å². The van der Waals surface area contributed by atoms with Crippen molar-refractivity contribution in [1.82, 2.24) is 4.90 Å². The molecule has 0 aromatic heterocycles. The number of rotatable bonds is 5. The van der Waals surface area contributed by atoms with Gasteiger partial charge >= 0.3 is 0 Å². The number of likely N-dealkylation sites (tertiary alicyclic amines) is 1. The Hall–Kier alpha value is -1.45. The van der Waals surface area contributed by atoms with E-state index in [1.807, 2.05) is 20.8 Å². The van der Waals surface area contributed by atoms with Gasteiger partial charge in [0.15, 0.2) is 0 Å². The van der Waals surface area contributed by atoms with E-state index in [0.717, 1.165) is 4.47 Å². The number of nitrogens with zero attached hydrogens (tertiary/aromatic N) is 1. The van der Waals surface area contributed by atoms with Crippen LogP contribution in [-0.2, 0) is 23.9 Å². The van der Waals surface area contributed by atoms with Crippen LogP contribution < -0.4 is 5.73 Å². The van der Waals surface area contributed by atoms with Crippen molar-refractivity contribution in [3.05, 3.63) is 28.7 Å². The zero-order valence-electron chi connectivity index (χ0n) is 14.9. The van der Waals surface area contributed by atoms with Gasteiger partial charge in [0.05, 0.1) is 11.0 Å². The fraction of sp³-hybridized carbons (Fsp3) is 0.529. The van der Waals surface area contributed by atoms with Crippen LogP contribution in [0.5, 0.6) is 0 Å². The van der Waals surface area contributed by atoms with Crippen LogP contribution in [0.15, 0.2) is 33.6 Å². The number of hydrogen-bond acceptors (Lipinski definition) is 5. The summed E-state index contributed by atoms with van der Waals surface area (Å²) in [7, 11) is -4.00. The number of halogens is 1. The van der Waals surface area contributed by atoms with Gasteiger partial charge in [-0.2, -0.15) is 8.42 Å². The molecule has 1 aliphatic heterocycles. The first-order valence-corrected chi connectivity index (χ1v) is 10.4. The molecule has 144 valence electrons. The Bertz CT molecular complexity index is 786. The maximum atomic E-state index is 12.5. The van der Waals surface area contributed by atoms with Crippen molar-refractivity contribution < 1.29 is 22.2 Å². The van der Waals surface area contributed by atoms with E-state index in [4.69, 9.17) is 9.92 Å². The molecule has 0 bridgehead atoms. The van der Waals surface area contributed by atoms with E-state index in [1.165, 1.54) is 17.0 Å². The Kier molecular flexibility index (Phi) is 6.14. The Morgan fingerprint density at radius 3 is 2.35 bits per heavy atom. The number of nitrogens with two attached hydrogens (primary N) is 1. The molecule has 0 spiro atoms. The van der Waals surface area contributed by atoms with Crippen LogP contribution in [0, 0.1) is 5.41 Å². The quantitative estimate of drug-likeness (QED) is 0.696. The highest BCUT2D eigenvalue weighted by molar-refractivity contribution is 9.10. The van der Waals surface area contributed by atoms with Crippen LogP contribution in [0.1, 0.15) is 33.6 Å². The highest BCUT2D eigenvalue weighted by Crippen LogP contribution is 2.28. The molecule has 9 heteroatoms. The molecule has 2 N–H and O–H groups in total. The van der Waals surface area contributed by atoms with Gasteiger partial charge in [-0.1, -0.05) is 36.7 Å². The molecule has 1 aromatic carbocycles. The summed E-state index contributed by atoms with van der Waals surface area (Å²) in [6.07, 6.45) is -0.533. The van der Waals surface area contributed by atoms with Gasteiger partial charge in [0.25, 0.3) is 10.1 Å². The molecular formula is C17H23BrN2O5S. The molecule has 0 saturated carbocycles. The maximum absolute atomic E-state index is 12.5. The Morgan fingerprint density at radius 2 is 1.85 bits per heavy atom. The van der Waals surface area contributed by atoms with Crippen LogP contribution in [0.2, 0.25) is 0 Å². The van der Waals surface area contributed by atoms with Gasteiger partial charge in [-0.3, -0.25) is 13.8 Å². The van der Waals surface area contributed by atoms with Gasteiger partial charge in [0.2, 0.25) is 11.8 Å². The standard InChI is InChI=1S/C17H23BrN2O5S/c1-17(2,3)9-15(21)20-10-12(8-14(20)16(19)22)25-26(23,24)13-6-4-11(18)5-7-13/h4-7,12,14H,8-10H2,1-3H3,(H2,19,22)/t12-,14-/m0/s1. The summed E-state index contributed by atoms with van der Waals surface area (Å²) >= 11 is 3.24. The molecule has 1 aliphatic rings. The van der Waals surface area contributed by atoms with Crippen molar-refractivity contribution in [1.29, 1.82) is 0 Å². The minimum absolute atomic E-state index is 0.00999. The average molecular weight is 447 g/mol.